The Morgan fingerprint density at radius 3 is 2.10 bits per heavy atom. The van der Waals surface area contributed by atoms with Crippen LogP contribution in [0, 0.1) is 0 Å². The first-order valence-corrected chi connectivity index (χ1v) is 7.42. The molecule has 0 aromatic heterocycles. The van der Waals surface area contributed by atoms with Crippen molar-refractivity contribution in [1.82, 2.24) is 5.43 Å². The summed E-state index contributed by atoms with van der Waals surface area (Å²) in [6.07, 6.45) is 0. The van der Waals surface area contributed by atoms with Gasteiger partial charge in [-0.1, -0.05) is 49.7 Å². The van der Waals surface area contributed by atoms with Crippen LogP contribution in [0.1, 0.15) is 36.9 Å². The van der Waals surface area contributed by atoms with E-state index in [4.69, 9.17) is 22.2 Å². The number of ether oxygens (including phenoxy) is 1. The van der Waals surface area contributed by atoms with Gasteiger partial charge in [0.05, 0.1) is 6.04 Å². The van der Waals surface area contributed by atoms with Crippen LogP contribution in [0.15, 0.2) is 48.5 Å². The van der Waals surface area contributed by atoms with Crippen molar-refractivity contribution in [2.75, 3.05) is 6.61 Å². The molecule has 0 aliphatic rings. The van der Waals surface area contributed by atoms with Gasteiger partial charge in [0.15, 0.2) is 0 Å². The molecule has 21 heavy (non-hydrogen) atoms. The van der Waals surface area contributed by atoms with Crippen LogP contribution in [-0.2, 0) is 0 Å². The van der Waals surface area contributed by atoms with E-state index in [0.29, 0.717) is 17.5 Å². The van der Waals surface area contributed by atoms with Crippen LogP contribution in [-0.4, -0.2) is 6.61 Å². The minimum Gasteiger partial charge on any atom is -0.492 e. The van der Waals surface area contributed by atoms with E-state index in [-0.39, 0.29) is 6.04 Å². The highest BCUT2D eigenvalue weighted by Crippen LogP contribution is 2.20. The quantitative estimate of drug-likeness (QED) is 0.625. The predicted octanol–water partition coefficient (Wildman–Crippen LogP) is 4.05. The molecule has 0 aliphatic carbocycles. The molecule has 0 heterocycles. The molecule has 0 bridgehead atoms. The van der Waals surface area contributed by atoms with E-state index in [2.05, 4.69) is 43.5 Å². The summed E-state index contributed by atoms with van der Waals surface area (Å²) in [5.74, 6) is 6.94. The number of nitrogens with two attached hydrogens (primary N) is 1. The molecule has 2 aromatic rings. The minimum absolute atomic E-state index is 0.0538. The maximum atomic E-state index is 5.85. The lowest BCUT2D eigenvalue weighted by atomic mass is 9.99. The minimum atomic E-state index is -0.0538. The lowest BCUT2D eigenvalue weighted by molar-refractivity contribution is 0.267. The molecule has 1 atom stereocenters. The second-order valence-electron chi connectivity index (χ2n) is 5.31. The Morgan fingerprint density at radius 2 is 1.57 bits per heavy atom. The fourth-order valence-electron chi connectivity index (χ4n) is 2.06. The Hall–Kier alpha value is -1.55. The molecule has 0 amide bonds. The van der Waals surface area contributed by atoms with Crippen LogP contribution < -0.4 is 16.0 Å². The first-order valence-electron chi connectivity index (χ1n) is 7.04. The summed E-state index contributed by atoms with van der Waals surface area (Å²) in [4.78, 5) is 0. The number of hydrazine groups is 1. The van der Waals surface area contributed by atoms with E-state index in [0.717, 1.165) is 11.3 Å². The van der Waals surface area contributed by atoms with Gasteiger partial charge in [-0.15, -0.1) is 0 Å². The van der Waals surface area contributed by atoms with Gasteiger partial charge < -0.3 is 4.74 Å². The maximum absolute atomic E-state index is 5.85. The van der Waals surface area contributed by atoms with E-state index < -0.39 is 0 Å². The summed E-state index contributed by atoms with van der Waals surface area (Å²) in [5, 5.41) is 0.695. The molecular formula is C17H21ClN2O. The molecular weight excluding hydrogens is 284 g/mol. The zero-order valence-electron chi connectivity index (χ0n) is 12.3. The Kier molecular flexibility index (Phi) is 5.62. The van der Waals surface area contributed by atoms with Crippen molar-refractivity contribution in [1.29, 1.82) is 0 Å². The third-order valence-electron chi connectivity index (χ3n) is 3.44. The van der Waals surface area contributed by atoms with Gasteiger partial charge in [0.25, 0.3) is 0 Å². The molecule has 3 nitrogen and oxygen atoms in total. The Bertz CT molecular complexity index is 552. The van der Waals surface area contributed by atoms with Crippen molar-refractivity contribution in [3.05, 3.63) is 64.7 Å². The molecule has 0 radical (unpaired) electrons. The number of rotatable bonds is 6. The summed E-state index contributed by atoms with van der Waals surface area (Å²) >= 11 is 5.85. The molecule has 0 saturated heterocycles. The van der Waals surface area contributed by atoms with Crippen LogP contribution in [0.4, 0.5) is 0 Å². The van der Waals surface area contributed by atoms with Gasteiger partial charge in [0, 0.05) is 5.02 Å². The fourth-order valence-corrected chi connectivity index (χ4v) is 2.19. The van der Waals surface area contributed by atoms with Gasteiger partial charge >= 0.3 is 0 Å². The average Bonchev–Trinajstić information content (AvgIpc) is 2.50. The molecule has 2 rings (SSSR count). The molecule has 4 heteroatoms. The number of hydrogen-bond donors (Lipinski definition) is 2. The van der Waals surface area contributed by atoms with Crippen LogP contribution in [0.5, 0.6) is 5.75 Å². The lowest BCUT2D eigenvalue weighted by Gasteiger charge is -2.18. The normalized spacial score (nSPS) is 12.4. The van der Waals surface area contributed by atoms with Gasteiger partial charge in [-0.2, -0.15) is 0 Å². The number of hydrogen-bond acceptors (Lipinski definition) is 3. The van der Waals surface area contributed by atoms with Crippen LogP contribution >= 0.6 is 11.6 Å². The van der Waals surface area contributed by atoms with Gasteiger partial charge in [-0.05, 0) is 41.3 Å². The summed E-state index contributed by atoms with van der Waals surface area (Å²) < 4.78 is 5.74. The Balaban J connectivity index is 2.00. The zero-order chi connectivity index (χ0) is 15.2. The zero-order valence-corrected chi connectivity index (χ0v) is 13.1. The highest BCUT2D eigenvalue weighted by molar-refractivity contribution is 6.30. The molecule has 0 spiro atoms. The number of benzene rings is 2. The topological polar surface area (TPSA) is 47.3 Å². The van der Waals surface area contributed by atoms with Crippen molar-refractivity contribution in [2.45, 2.75) is 25.8 Å². The molecule has 0 aliphatic heterocycles. The third kappa shape index (κ3) is 4.46. The van der Waals surface area contributed by atoms with Gasteiger partial charge in [-0.25, -0.2) is 5.43 Å². The standard InChI is InChI=1S/C17H21ClN2O/c1-12(2)13-3-5-14(6-4-13)17(20-19)11-21-16-9-7-15(18)8-10-16/h3-10,12,17,20H,11,19H2,1-2H3. The van der Waals surface area contributed by atoms with Crippen molar-refractivity contribution < 1.29 is 4.74 Å². The van der Waals surface area contributed by atoms with E-state index in [9.17, 15) is 0 Å². The van der Waals surface area contributed by atoms with Gasteiger partial charge in [-0.3, -0.25) is 5.84 Å². The Labute approximate surface area is 131 Å². The molecule has 1 unspecified atom stereocenters. The highest BCUT2D eigenvalue weighted by atomic mass is 35.5. The van der Waals surface area contributed by atoms with Crippen LogP contribution in [0.25, 0.3) is 0 Å². The lowest BCUT2D eigenvalue weighted by Crippen LogP contribution is -2.32. The summed E-state index contributed by atoms with van der Waals surface area (Å²) in [7, 11) is 0. The van der Waals surface area contributed by atoms with Gasteiger partial charge in [0.2, 0.25) is 0 Å². The monoisotopic (exact) mass is 304 g/mol. The van der Waals surface area contributed by atoms with E-state index in [1.807, 2.05) is 12.1 Å². The van der Waals surface area contributed by atoms with E-state index in [1.165, 1.54) is 5.56 Å². The first kappa shape index (κ1) is 15.8. The van der Waals surface area contributed by atoms with E-state index >= 15 is 0 Å². The van der Waals surface area contributed by atoms with Crippen molar-refractivity contribution >= 4 is 11.6 Å². The molecule has 2 aromatic carbocycles. The smallest absolute Gasteiger partial charge is 0.119 e. The van der Waals surface area contributed by atoms with Crippen LogP contribution in [0.2, 0.25) is 5.02 Å². The fraction of sp³-hybridized carbons (Fsp3) is 0.294. The first-order chi connectivity index (χ1) is 10.1. The van der Waals surface area contributed by atoms with Crippen molar-refractivity contribution in [3.8, 4) is 5.75 Å². The second-order valence-corrected chi connectivity index (χ2v) is 5.74. The predicted molar refractivity (Wildman–Crippen MR) is 87.5 cm³/mol. The maximum Gasteiger partial charge on any atom is 0.119 e. The average molecular weight is 305 g/mol. The second kappa shape index (κ2) is 7.46. The van der Waals surface area contributed by atoms with Gasteiger partial charge in [0.1, 0.15) is 12.4 Å². The molecule has 0 fully saturated rings. The summed E-state index contributed by atoms with van der Waals surface area (Å²) in [6.45, 7) is 4.81. The third-order valence-corrected chi connectivity index (χ3v) is 3.69. The molecule has 112 valence electrons. The molecule has 3 N–H and O–H groups in total. The number of nitrogens with one attached hydrogen (secondary N) is 1. The van der Waals surface area contributed by atoms with E-state index in [1.54, 1.807) is 12.1 Å². The molecule has 0 saturated carbocycles. The summed E-state index contributed by atoms with van der Waals surface area (Å²) in [6, 6.07) is 15.7. The van der Waals surface area contributed by atoms with Crippen molar-refractivity contribution in [3.63, 3.8) is 0 Å². The largest absolute Gasteiger partial charge is 0.492 e. The van der Waals surface area contributed by atoms with Crippen LogP contribution in [0.3, 0.4) is 0 Å². The number of halogens is 1. The Morgan fingerprint density at radius 1 is 1.00 bits per heavy atom. The van der Waals surface area contributed by atoms with Crippen molar-refractivity contribution in [2.24, 2.45) is 5.84 Å². The summed E-state index contributed by atoms with van der Waals surface area (Å²) in [5.41, 5.74) is 5.22. The highest BCUT2D eigenvalue weighted by Gasteiger charge is 2.11. The SMILES string of the molecule is CC(C)c1ccc(C(COc2ccc(Cl)cc2)NN)cc1.